The standard InChI is InChI=1S/C10H21NO/c1-9(5-4-8-12-2)10-6-3-7-11-10/h9-11H,3-8H2,1-2H3. The molecular weight excluding hydrogens is 150 g/mol. The summed E-state index contributed by atoms with van der Waals surface area (Å²) in [4.78, 5) is 0. The van der Waals surface area contributed by atoms with Crippen molar-refractivity contribution in [2.24, 2.45) is 5.92 Å². The number of ether oxygens (including phenoxy) is 1. The van der Waals surface area contributed by atoms with Crippen LogP contribution in [0.1, 0.15) is 32.6 Å². The van der Waals surface area contributed by atoms with Crippen molar-refractivity contribution in [3.8, 4) is 0 Å². The van der Waals surface area contributed by atoms with Gasteiger partial charge in [0.05, 0.1) is 0 Å². The zero-order valence-corrected chi connectivity index (χ0v) is 8.31. The minimum atomic E-state index is 0.779. The molecule has 1 saturated heterocycles. The van der Waals surface area contributed by atoms with Crippen LogP contribution >= 0.6 is 0 Å². The molecule has 1 N–H and O–H groups in total. The summed E-state index contributed by atoms with van der Waals surface area (Å²) in [5.41, 5.74) is 0. The molecule has 2 atom stereocenters. The van der Waals surface area contributed by atoms with Crippen LogP contribution in [0.2, 0.25) is 0 Å². The fourth-order valence-electron chi connectivity index (χ4n) is 1.95. The summed E-state index contributed by atoms with van der Waals surface area (Å²) in [5, 5.41) is 3.54. The summed E-state index contributed by atoms with van der Waals surface area (Å²) >= 11 is 0. The highest BCUT2D eigenvalue weighted by Crippen LogP contribution is 2.18. The Hall–Kier alpha value is -0.0800. The highest BCUT2D eigenvalue weighted by atomic mass is 16.5. The van der Waals surface area contributed by atoms with Gasteiger partial charge in [-0.15, -0.1) is 0 Å². The van der Waals surface area contributed by atoms with Crippen LogP contribution in [0.3, 0.4) is 0 Å². The van der Waals surface area contributed by atoms with Crippen LogP contribution in [0.4, 0.5) is 0 Å². The van der Waals surface area contributed by atoms with E-state index >= 15 is 0 Å². The molecule has 12 heavy (non-hydrogen) atoms. The van der Waals surface area contributed by atoms with Gasteiger partial charge in [0, 0.05) is 19.8 Å². The molecule has 0 amide bonds. The van der Waals surface area contributed by atoms with Crippen LogP contribution in [-0.2, 0) is 4.74 Å². The van der Waals surface area contributed by atoms with Crippen molar-refractivity contribution in [3.05, 3.63) is 0 Å². The summed E-state index contributed by atoms with van der Waals surface area (Å²) in [6, 6.07) is 0.779. The molecule has 0 aliphatic carbocycles. The van der Waals surface area contributed by atoms with Gasteiger partial charge in [-0.05, 0) is 38.1 Å². The lowest BCUT2D eigenvalue weighted by atomic mass is 9.96. The minimum absolute atomic E-state index is 0.779. The molecule has 1 fully saturated rings. The topological polar surface area (TPSA) is 21.3 Å². The van der Waals surface area contributed by atoms with Crippen molar-refractivity contribution < 1.29 is 4.74 Å². The second-order valence-corrected chi connectivity index (χ2v) is 3.82. The molecule has 1 aliphatic rings. The third kappa shape index (κ3) is 3.11. The maximum absolute atomic E-state index is 5.03. The van der Waals surface area contributed by atoms with Crippen LogP contribution in [0.5, 0.6) is 0 Å². The second kappa shape index (κ2) is 5.55. The summed E-state index contributed by atoms with van der Waals surface area (Å²) in [6.07, 6.45) is 5.23. The van der Waals surface area contributed by atoms with Crippen molar-refractivity contribution in [3.63, 3.8) is 0 Å². The number of hydrogen-bond acceptors (Lipinski definition) is 2. The Labute approximate surface area is 75.7 Å². The first-order chi connectivity index (χ1) is 5.84. The Kier molecular flexibility index (Phi) is 4.62. The van der Waals surface area contributed by atoms with Gasteiger partial charge >= 0.3 is 0 Å². The van der Waals surface area contributed by atoms with Crippen LogP contribution in [0, 0.1) is 5.92 Å². The zero-order valence-electron chi connectivity index (χ0n) is 8.31. The third-order valence-corrected chi connectivity index (χ3v) is 2.79. The van der Waals surface area contributed by atoms with Gasteiger partial charge in [-0.3, -0.25) is 0 Å². The molecule has 0 aromatic heterocycles. The average Bonchev–Trinajstić information content (AvgIpc) is 2.56. The van der Waals surface area contributed by atoms with Crippen LogP contribution in [0.25, 0.3) is 0 Å². The Morgan fingerprint density at radius 2 is 2.42 bits per heavy atom. The molecule has 1 aliphatic heterocycles. The van der Waals surface area contributed by atoms with Gasteiger partial charge in [0.1, 0.15) is 0 Å². The largest absolute Gasteiger partial charge is 0.385 e. The van der Waals surface area contributed by atoms with E-state index in [-0.39, 0.29) is 0 Å². The molecule has 72 valence electrons. The Morgan fingerprint density at radius 1 is 1.58 bits per heavy atom. The van der Waals surface area contributed by atoms with Gasteiger partial charge in [0.25, 0.3) is 0 Å². The van der Waals surface area contributed by atoms with Gasteiger partial charge in [-0.25, -0.2) is 0 Å². The van der Waals surface area contributed by atoms with E-state index in [1.807, 2.05) is 0 Å². The van der Waals surface area contributed by atoms with Crippen LogP contribution in [0.15, 0.2) is 0 Å². The molecule has 0 spiro atoms. The van der Waals surface area contributed by atoms with Crippen molar-refractivity contribution in [2.75, 3.05) is 20.3 Å². The lowest BCUT2D eigenvalue weighted by Gasteiger charge is -2.18. The van der Waals surface area contributed by atoms with E-state index in [1.54, 1.807) is 7.11 Å². The Morgan fingerprint density at radius 3 is 3.00 bits per heavy atom. The first-order valence-electron chi connectivity index (χ1n) is 5.07. The van der Waals surface area contributed by atoms with E-state index in [0.29, 0.717) is 0 Å². The van der Waals surface area contributed by atoms with Gasteiger partial charge in [0.15, 0.2) is 0 Å². The van der Waals surface area contributed by atoms with E-state index in [9.17, 15) is 0 Å². The molecule has 0 aromatic rings. The molecule has 0 radical (unpaired) electrons. The minimum Gasteiger partial charge on any atom is -0.385 e. The monoisotopic (exact) mass is 171 g/mol. The van der Waals surface area contributed by atoms with Crippen molar-refractivity contribution in [1.29, 1.82) is 0 Å². The quantitative estimate of drug-likeness (QED) is 0.637. The van der Waals surface area contributed by atoms with E-state index in [2.05, 4.69) is 12.2 Å². The fraction of sp³-hybridized carbons (Fsp3) is 1.00. The first kappa shape index (κ1) is 10.0. The molecule has 2 nitrogen and oxygen atoms in total. The van der Waals surface area contributed by atoms with Crippen molar-refractivity contribution >= 4 is 0 Å². The number of rotatable bonds is 5. The van der Waals surface area contributed by atoms with E-state index < -0.39 is 0 Å². The highest BCUT2D eigenvalue weighted by Gasteiger charge is 2.19. The van der Waals surface area contributed by atoms with Gasteiger partial charge < -0.3 is 10.1 Å². The zero-order chi connectivity index (χ0) is 8.81. The van der Waals surface area contributed by atoms with Gasteiger partial charge in [-0.2, -0.15) is 0 Å². The molecule has 0 bridgehead atoms. The van der Waals surface area contributed by atoms with Crippen molar-refractivity contribution in [1.82, 2.24) is 5.32 Å². The second-order valence-electron chi connectivity index (χ2n) is 3.82. The molecule has 1 rings (SSSR count). The Balaban J connectivity index is 2.05. The van der Waals surface area contributed by atoms with E-state index in [4.69, 9.17) is 4.74 Å². The van der Waals surface area contributed by atoms with Crippen LogP contribution in [-0.4, -0.2) is 26.3 Å². The summed E-state index contributed by atoms with van der Waals surface area (Å²) in [7, 11) is 1.78. The number of nitrogens with one attached hydrogen (secondary N) is 1. The lowest BCUT2D eigenvalue weighted by molar-refractivity contribution is 0.184. The third-order valence-electron chi connectivity index (χ3n) is 2.79. The molecule has 2 unspecified atom stereocenters. The predicted octanol–water partition coefficient (Wildman–Crippen LogP) is 1.80. The number of hydrogen-bond donors (Lipinski definition) is 1. The first-order valence-corrected chi connectivity index (χ1v) is 5.07. The molecule has 0 aromatic carbocycles. The normalized spacial score (nSPS) is 26.0. The molecule has 2 heteroatoms. The van der Waals surface area contributed by atoms with Gasteiger partial charge in [0.2, 0.25) is 0 Å². The van der Waals surface area contributed by atoms with E-state index in [1.165, 1.54) is 32.2 Å². The molecule has 0 saturated carbocycles. The summed E-state index contributed by atoms with van der Waals surface area (Å²) in [6.45, 7) is 4.48. The smallest absolute Gasteiger partial charge is 0.0462 e. The predicted molar refractivity (Wildman–Crippen MR) is 51.3 cm³/mol. The SMILES string of the molecule is COCCCC(C)C1CCCN1. The summed E-state index contributed by atoms with van der Waals surface area (Å²) in [5.74, 6) is 0.822. The Bertz CT molecular complexity index is 110. The average molecular weight is 171 g/mol. The lowest BCUT2D eigenvalue weighted by Crippen LogP contribution is -2.28. The fourth-order valence-corrected chi connectivity index (χ4v) is 1.95. The maximum Gasteiger partial charge on any atom is 0.0462 e. The molecule has 1 heterocycles. The number of methoxy groups -OCH3 is 1. The highest BCUT2D eigenvalue weighted by molar-refractivity contribution is 4.78. The molecular formula is C10H21NO. The van der Waals surface area contributed by atoms with Crippen LogP contribution < -0.4 is 5.32 Å². The van der Waals surface area contributed by atoms with Crippen molar-refractivity contribution in [2.45, 2.75) is 38.6 Å². The maximum atomic E-state index is 5.03. The summed E-state index contributed by atoms with van der Waals surface area (Å²) < 4.78 is 5.03. The van der Waals surface area contributed by atoms with Gasteiger partial charge in [-0.1, -0.05) is 6.92 Å². The van der Waals surface area contributed by atoms with E-state index in [0.717, 1.165) is 18.6 Å².